The first-order valence-corrected chi connectivity index (χ1v) is 7.99. The molecule has 0 atom stereocenters. The molecular weight excluding hydrogens is 322 g/mol. The highest BCUT2D eigenvalue weighted by molar-refractivity contribution is 6.05. The molecule has 8 nitrogen and oxygen atoms in total. The first kappa shape index (κ1) is 16.7. The average molecular weight is 341 g/mol. The SMILES string of the molecule is CCc1noc(C)c1C(=O)Nc1cccc(OCCn2cncn2)c1. The van der Waals surface area contributed by atoms with Crippen molar-refractivity contribution in [1.29, 1.82) is 0 Å². The van der Waals surface area contributed by atoms with Gasteiger partial charge in [-0.3, -0.25) is 4.79 Å². The highest BCUT2D eigenvalue weighted by atomic mass is 16.5. The zero-order valence-corrected chi connectivity index (χ0v) is 14.1. The first-order chi connectivity index (χ1) is 12.2. The first-order valence-electron chi connectivity index (χ1n) is 7.99. The number of benzene rings is 1. The average Bonchev–Trinajstić information content (AvgIpc) is 3.24. The molecule has 130 valence electrons. The van der Waals surface area contributed by atoms with Crippen molar-refractivity contribution in [3.63, 3.8) is 0 Å². The number of nitrogens with zero attached hydrogens (tertiary/aromatic N) is 4. The zero-order valence-electron chi connectivity index (χ0n) is 14.1. The number of hydrogen-bond acceptors (Lipinski definition) is 6. The number of amides is 1. The number of aryl methyl sites for hydroxylation is 2. The van der Waals surface area contributed by atoms with E-state index in [0.717, 1.165) is 0 Å². The van der Waals surface area contributed by atoms with Crippen molar-refractivity contribution in [3.05, 3.63) is 53.9 Å². The predicted octanol–water partition coefficient (Wildman–Crippen LogP) is 2.47. The third-order valence-electron chi connectivity index (χ3n) is 3.64. The molecular formula is C17H19N5O3. The number of rotatable bonds is 7. The van der Waals surface area contributed by atoms with Crippen LogP contribution in [-0.4, -0.2) is 32.4 Å². The van der Waals surface area contributed by atoms with Crippen LogP contribution in [0.5, 0.6) is 5.75 Å². The highest BCUT2D eigenvalue weighted by Crippen LogP contribution is 2.20. The summed E-state index contributed by atoms with van der Waals surface area (Å²) >= 11 is 0. The Hall–Kier alpha value is -3.16. The molecule has 2 heterocycles. The minimum absolute atomic E-state index is 0.240. The van der Waals surface area contributed by atoms with E-state index < -0.39 is 0 Å². The van der Waals surface area contributed by atoms with Crippen molar-refractivity contribution in [3.8, 4) is 5.75 Å². The highest BCUT2D eigenvalue weighted by Gasteiger charge is 2.19. The normalized spacial score (nSPS) is 10.6. The monoisotopic (exact) mass is 341 g/mol. The maximum absolute atomic E-state index is 12.5. The van der Waals surface area contributed by atoms with Gasteiger partial charge in [-0.05, 0) is 25.5 Å². The van der Waals surface area contributed by atoms with Crippen LogP contribution >= 0.6 is 0 Å². The standard InChI is InChI=1S/C17H19N5O3/c1-3-15-16(12(2)25-21-15)17(23)20-13-5-4-6-14(9-13)24-8-7-22-11-18-10-19-22/h4-6,9-11H,3,7-8H2,1-2H3,(H,20,23). The van der Waals surface area contributed by atoms with Crippen molar-refractivity contribution < 1.29 is 14.1 Å². The summed E-state index contributed by atoms with van der Waals surface area (Å²) in [7, 11) is 0. The summed E-state index contributed by atoms with van der Waals surface area (Å²) in [5.41, 5.74) is 1.78. The number of aromatic nitrogens is 4. The molecule has 0 saturated carbocycles. The third kappa shape index (κ3) is 4.03. The molecule has 3 rings (SSSR count). The molecule has 0 saturated heterocycles. The summed E-state index contributed by atoms with van der Waals surface area (Å²) in [5, 5.41) is 10.8. The van der Waals surface area contributed by atoms with Gasteiger partial charge in [0.1, 0.15) is 36.3 Å². The Bertz CT molecular complexity index is 842. The summed E-state index contributed by atoms with van der Waals surface area (Å²) < 4.78 is 12.5. The van der Waals surface area contributed by atoms with Gasteiger partial charge in [-0.25, -0.2) is 9.67 Å². The van der Waals surface area contributed by atoms with Crippen molar-refractivity contribution in [2.45, 2.75) is 26.8 Å². The maximum atomic E-state index is 12.5. The Morgan fingerprint density at radius 2 is 2.28 bits per heavy atom. The van der Waals surface area contributed by atoms with Gasteiger partial charge in [0.05, 0.1) is 12.2 Å². The number of ether oxygens (including phenoxy) is 1. The second kappa shape index (κ2) is 7.61. The Morgan fingerprint density at radius 1 is 1.40 bits per heavy atom. The van der Waals surface area contributed by atoms with E-state index in [1.165, 1.54) is 6.33 Å². The zero-order chi connectivity index (χ0) is 17.6. The van der Waals surface area contributed by atoms with Gasteiger partial charge in [-0.1, -0.05) is 18.1 Å². The van der Waals surface area contributed by atoms with Gasteiger partial charge in [0.2, 0.25) is 0 Å². The van der Waals surface area contributed by atoms with Crippen LogP contribution in [0, 0.1) is 6.92 Å². The third-order valence-corrected chi connectivity index (χ3v) is 3.64. The van der Waals surface area contributed by atoms with E-state index in [2.05, 4.69) is 20.6 Å². The molecule has 2 aromatic heterocycles. The minimum atomic E-state index is -0.240. The number of nitrogens with one attached hydrogen (secondary N) is 1. The molecule has 0 aliphatic carbocycles. The fourth-order valence-corrected chi connectivity index (χ4v) is 2.41. The lowest BCUT2D eigenvalue weighted by molar-refractivity contribution is 0.102. The van der Waals surface area contributed by atoms with Crippen LogP contribution in [0.15, 0.2) is 41.4 Å². The molecule has 0 aliphatic rings. The molecule has 0 aliphatic heterocycles. The van der Waals surface area contributed by atoms with Crippen LogP contribution in [0.1, 0.15) is 28.7 Å². The molecule has 0 bridgehead atoms. The predicted molar refractivity (Wildman–Crippen MR) is 90.5 cm³/mol. The molecule has 0 unspecified atom stereocenters. The van der Waals surface area contributed by atoms with Crippen molar-refractivity contribution in [2.24, 2.45) is 0 Å². The lowest BCUT2D eigenvalue weighted by atomic mass is 10.1. The van der Waals surface area contributed by atoms with Crippen molar-refractivity contribution in [2.75, 3.05) is 11.9 Å². The van der Waals surface area contributed by atoms with Gasteiger partial charge >= 0.3 is 0 Å². The van der Waals surface area contributed by atoms with E-state index in [9.17, 15) is 4.79 Å². The van der Waals surface area contributed by atoms with E-state index in [1.54, 1.807) is 30.1 Å². The second-order valence-corrected chi connectivity index (χ2v) is 5.40. The molecule has 1 N–H and O–H groups in total. The van der Waals surface area contributed by atoms with Crippen LogP contribution in [0.25, 0.3) is 0 Å². The van der Waals surface area contributed by atoms with E-state index in [0.29, 0.717) is 48.0 Å². The summed E-state index contributed by atoms with van der Waals surface area (Å²) in [6.07, 6.45) is 3.74. The van der Waals surface area contributed by atoms with Gasteiger partial charge in [0.15, 0.2) is 0 Å². The summed E-state index contributed by atoms with van der Waals surface area (Å²) in [5.74, 6) is 0.931. The van der Waals surface area contributed by atoms with E-state index >= 15 is 0 Å². The van der Waals surface area contributed by atoms with Crippen LogP contribution in [0.3, 0.4) is 0 Å². The van der Waals surface area contributed by atoms with Crippen LogP contribution < -0.4 is 10.1 Å². The Morgan fingerprint density at radius 3 is 3.04 bits per heavy atom. The lowest BCUT2D eigenvalue weighted by Crippen LogP contribution is -2.14. The van der Waals surface area contributed by atoms with E-state index in [4.69, 9.17) is 9.26 Å². The van der Waals surface area contributed by atoms with Gasteiger partial charge in [-0.2, -0.15) is 5.10 Å². The Labute approximate surface area is 144 Å². The lowest BCUT2D eigenvalue weighted by Gasteiger charge is -2.09. The van der Waals surface area contributed by atoms with Gasteiger partial charge in [0.25, 0.3) is 5.91 Å². The Kier molecular flexibility index (Phi) is 5.08. The number of carbonyl (C=O) groups is 1. The number of anilines is 1. The van der Waals surface area contributed by atoms with Crippen molar-refractivity contribution >= 4 is 11.6 Å². The van der Waals surface area contributed by atoms with Gasteiger partial charge in [0, 0.05) is 11.8 Å². The molecule has 1 amide bonds. The number of hydrogen-bond donors (Lipinski definition) is 1. The molecule has 1 aromatic carbocycles. The van der Waals surface area contributed by atoms with Crippen LogP contribution in [0.4, 0.5) is 5.69 Å². The Balaban J connectivity index is 1.63. The van der Waals surface area contributed by atoms with Crippen LogP contribution in [0.2, 0.25) is 0 Å². The number of carbonyl (C=O) groups excluding carboxylic acids is 1. The molecule has 8 heteroatoms. The van der Waals surface area contributed by atoms with E-state index in [1.807, 2.05) is 19.1 Å². The molecule has 0 spiro atoms. The molecule has 0 radical (unpaired) electrons. The molecule has 3 aromatic rings. The van der Waals surface area contributed by atoms with Crippen LogP contribution in [-0.2, 0) is 13.0 Å². The smallest absolute Gasteiger partial charge is 0.261 e. The second-order valence-electron chi connectivity index (χ2n) is 5.40. The fourth-order valence-electron chi connectivity index (χ4n) is 2.41. The summed E-state index contributed by atoms with van der Waals surface area (Å²) in [6, 6.07) is 7.23. The maximum Gasteiger partial charge on any atom is 0.261 e. The van der Waals surface area contributed by atoms with E-state index in [-0.39, 0.29) is 5.91 Å². The molecule has 0 fully saturated rings. The van der Waals surface area contributed by atoms with Crippen molar-refractivity contribution in [1.82, 2.24) is 19.9 Å². The minimum Gasteiger partial charge on any atom is -0.492 e. The summed E-state index contributed by atoms with van der Waals surface area (Å²) in [6.45, 7) is 4.70. The fraction of sp³-hybridized carbons (Fsp3) is 0.294. The van der Waals surface area contributed by atoms with Gasteiger partial charge in [-0.15, -0.1) is 0 Å². The van der Waals surface area contributed by atoms with Gasteiger partial charge < -0.3 is 14.6 Å². The molecule has 25 heavy (non-hydrogen) atoms. The quantitative estimate of drug-likeness (QED) is 0.709. The topological polar surface area (TPSA) is 95.1 Å². The summed E-state index contributed by atoms with van der Waals surface area (Å²) in [4.78, 5) is 16.4. The largest absolute Gasteiger partial charge is 0.492 e.